The van der Waals surface area contributed by atoms with E-state index in [1.165, 1.54) is 24.8 Å². The standard InChI is InChI=1S/C25H35IO2/c1-16(2)9-7-6-8-10-21(22-12-17(3)11-18(4)24(22)27)23-14-20(15-26)13-19(5)25(23)28/h11-14,16,21,27-28H,6-10,15H2,1-5H3. The summed E-state index contributed by atoms with van der Waals surface area (Å²) in [6.45, 7) is 10.5. The molecule has 0 bridgehead atoms. The van der Waals surface area contributed by atoms with Crippen LogP contribution < -0.4 is 0 Å². The van der Waals surface area contributed by atoms with Gasteiger partial charge in [-0.1, -0.05) is 92.0 Å². The molecule has 0 saturated heterocycles. The molecule has 28 heavy (non-hydrogen) atoms. The van der Waals surface area contributed by atoms with Gasteiger partial charge in [-0.15, -0.1) is 0 Å². The minimum atomic E-state index is 0.0132. The molecule has 0 heterocycles. The summed E-state index contributed by atoms with van der Waals surface area (Å²) >= 11 is 2.37. The molecule has 0 spiro atoms. The molecule has 0 radical (unpaired) electrons. The zero-order valence-electron chi connectivity index (χ0n) is 18.0. The lowest BCUT2D eigenvalue weighted by Crippen LogP contribution is -2.05. The molecule has 0 aliphatic carbocycles. The molecule has 0 aromatic heterocycles. The smallest absolute Gasteiger partial charge is 0.122 e. The van der Waals surface area contributed by atoms with Gasteiger partial charge in [0, 0.05) is 21.5 Å². The van der Waals surface area contributed by atoms with E-state index in [0.29, 0.717) is 11.5 Å². The van der Waals surface area contributed by atoms with Gasteiger partial charge in [0.05, 0.1) is 0 Å². The molecule has 0 fully saturated rings. The molecule has 2 aromatic carbocycles. The van der Waals surface area contributed by atoms with Crippen molar-refractivity contribution in [3.05, 3.63) is 57.6 Å². The first-order chi connectivity index (χ1) is 13.2. The van der Waals surface area contributed by atoms with Crippen molar-refractivity contribution < 1.29 is 10.2 Å². The third-order valence-corrected chi connectivity index (χ3v) is 6.42. The molecule has 2 N–H and O–H groups in total. The summed E-state index contributed by atoms with van der Waals surface area (Å²) in [6.07, 6.45) is 5.71. The topological polar surface area (TPSA) is 40.5 Å². The average Bonchev–Trinajstić information content (AvgIpc) is 2.63. The number of aromatic hydroxyl groups is 2. The number of aryl methyl sites for hydroxylation is 3. The highest BCUT2D eigenvalue weighted by Crippen LogP contribution is 2.42. The number of rotatable bonds is 9. The van der Waals surface area contributed by atoms with Crippen molar-refractivity contribution in [3.8, 4) is 11.5 Å². The quantitative estimate of drug-likeness (QED) is 0.213. The maximum atomic E-state index is 10.9. The second-order valence-corrected chi connectivity index (χ2v) is 9.35. The summed E-state index contributed by atoms with van der Waals surface area (Å²) < 4.78 is 0.909. The Morgan fingerprint density at radius 2 is 1.36 bits per heavy atom. The number of hydrogen-bond donors (Lipinski definition) is 2. The molecule has 0 aliphatic heterocycles. The lowest BCUT2D eigenvalue weighted by molar-refractivity contribution is 0.441. The van der Waals surface area contributed by atoms with Crippen LogP contribution in [0.3, 0.4) is 0 Å². The fourth-order valence-corrected chi connectivity index (χ4v) is 4.48. The molecule has 154 valence electrons. The SMILES string of the molecule is Cc1cc(C)c(O)c(C(CCCCCC(C)C)c2cc(CI)cc(C)c2O)c1. The first-order valence-electron chi connectivity index (χ1n) is 10.4. The van der Waals surface area contributed by atoms with Crippen LogP contribution in [0.2, 0.25) is 0 Å². The van der Waals surface area contributed by atoms with Gasteiger partial charge < -0.3 is 10.2 Å². The molecule has 2 aromatic rings. The number of alkyl halides is 1. The summed E-state index contributed by atoms with van der Waals surface area (Å²) in [5, 5.41) is 21.7. The molecule has 2 rings (SSSR count). The maximum absolute atomic E-state index is 10.9. The van der Waals surface area contributed by atoms with Crippen molar-refractivity contribution in [2.24, 2.45) is 5.92 Å². The summed E-state index contributed by atoms with van der Waals surface area (Å²) in [5.41, 5.74) is 6.09. The van der Waals surface area contributed by atoms with Crippen molar-refractivity contribution in [1.29, 1.82) is 0 Å². The van der Waals surface area contributed by atoms with Crippen LogP contribution in [0.15, 0.2) is 24.3 Å². The number of halogens is 1. The number of benzene rings is 2. The van der Waals surface area contributed by atoms with Crippen molar-refractivity contribution in [1.82, 2.24) is 0 Å². The highest BCUT2D eigenvalue weighted by atomic mass is 127. The van der Waals surface area contributed by atoms with Crippen LogP contribution in [0.25, 0.3) is 0 Å². The zero-order chi connectivity index (χ0) is 20.8. The van der Waals surface area contributed by atoms with Gasteiger partial charge >= 0.3 is 0 Å². The van der Waals surface area contributed by atoms with Crippen LogP contribution in [0.4, 0.5) is 0 Å². The summed E-state index contributed by atoms with van der Waals surface area (Å²) in [5.74, 6) is 1.50. The van der Waals surface area contributed by atoms with Gasteiger partial charge in [-0.3, -0.25) is 0 Å². The Balaban J connectivity index is 2.42. The van der Waals surface area contributed by atoms with Crippen molar-refractivity contribution in [2.75, 3.05) is 0 Å². The van der Waals surface area contributed by atoms with Crippen LogP contribution in [0, 0.1) is 26.7 Å². The molecule has 1 unspecified atom stereocenters. The number of phenolic OH excluding ortho intramolecular Hbond substituents is 2. The third kappa shape index (κ3) is 5.88. The second kappa shape index (κ2) is 10.5. The Labute approximate surface area is 184 Å². The Morgan fingerprint density at radius 1 is 0.786 bits per heavy atom. The van der Waals surface area contributed by atoms with Gasteiger partial charge in [-0.05, 0) is 49.8 Å². The van der Waals surface area contributed by atoms with E-state index < -0.39 is 0 Å². The summed E-state index contributed by atoms with van der Waals surface area (Å²) in [6, 6.07) is 8.30. The Bertz CT molecular complexity index is 796. The van der Waals surface area contributed by atoms with Crippen LogP contribution in [-0.4, -0.2) is 10.2 Å². The summed E-state index contributed by atoms with van der Waals surface area (Å²) in [4.78, 5) is 0. The Hall–Kier alpha value is -1.23. The second-order valence-electron chi connectivity index (χ2n) is 8.59. The Kier molecular flexibility index (Phi) is 8.66. The molecular weight excluding hydrogens is 459 g/mol. The van der Waals surface area contributed by atoms with Crippen molar-refractivity contribution in [3.63, 3.8) is 0 Å². The molecule has 0 saturated carbocycles. The van der Waals surface area contributed by atoms with E-state index in [4.69, 9.17) is 0 Å². The number of unbranched alkanes of at least 4 members (excludes halogenated alkanes) is 2. The lowest BCUT2D eigenvalue weighted by Gasteiger charge is -2.23. The van der Waals surface area contributed by atoms with E-state index >= 15 is 0 Å². The first-order valence-corrected chi connectivity index (χ1v) is 12.0. The van der Waals surface area contributed by atoms with Gasteiger partial charge in [0.25, 0.3) is 0 Å². The largest absolute Gasteiger partial charge is 0.507 e. The molecular formula is C25H35IO2. The van der Waals surface area contributed by atoms with E-state index in [1.54, 1.807) is 0 Å². The van der Waals surface area contributed by atoms with E-state index in [1.807, 2.05) is 19.9 Å². The normalized spacial score (nSPS) is 12.5. The Morgan fingerprint density at radius 3 is 1.96 bits per heavy atom. The van der Waals surface area contributed by atoms with Crippen LogP contribution in [-0.2, 0) is 4.43 Å². The zero-order valence-corrected chi connectivity index (χ0v) is 20.1. The van der Waals surface area contributed by atoms with E-state index in [2.05, 4.69) is 61.6 Å². The molecule has 0 aliphatic rings. The minimum absolute atomic E-state index is 0.0132. The van der Waals surface area contributed by atoms with Gasteiger partial charge in [0.15, 0.2) is 0 Å². The van der Waals surface area contributed by atoms with Gasteiger partial charge in [0.1, 0.15) is 11.5 Å². The van der Waals surface area contributed by atoms with E-state index in [9.17, 15) is 10.2 Å². The maximum Gasteiger partial charge on any atom is 0.122 e. The molecule has 3 heteroatoms. The van der Waals surface area contributed by atoms with Gasteiger partial charge in [0.2, 0.25) is 0 Å². The number of phenols is 2. The van der Waals surface area contributed by atoms with E-state index in [0.717, 1.165) is 51.0 Å². The monoisotopic (exact) mass is 494 g/mol. The third-order valence-electron chi connectivity index (χ3n) is 5.54. The fraction of sp³-hybridized carbons (Fsp3) is 0.520. The van der Waals surface area contributed by atoms with Crippen LogP contribution in [0.5, 0.6) is 11.5 Å². The first kappa shape index (κ1) is 23.1. The van der Waals surface area contributed by atoms with Crippen LogP contribution in [0.1, 0.15) is 85.3 Å². The number of hydrogen-bond acceptors (Lipinski definition) is 2. The highest BCUT2D eigenvalue weighted by Gasteiger charge is 2.23. The molecule has 0 amide bonds. The van der Waals surface area contributed by atoms with E-state index in [-0.39, 0.29) is 5.92 Å². The average molecular weight is 494 g/mol. The van der Waals surface area contributed by atoms with Crippen molar-refractivity contribution in [2.45, 2.75) is 77.1 Å². The minimum Gasteiger partial charge on any atom is -0.507 e. The van der Waals surface area contributed by atoms with Gasteiger partial charge in [-0.25, -0.2) is 0 Å². The molecule has 2 nitrogen and oxygen atoms in total. The molecule has 1 atom stereocenters. The fourth-order valence-electron chi connectivity index (χ4n) is 4.04. The lowest BCUT2D eigenvalue weighted by atomic mass is 9.82. The van der Waals surface area contributed by atoms with Crippen LogP contribution >= 0.6 is 22.6 Å². The highest BCUT2D eigenvalue weighted by molar-refractivity contribution is 14.1. The predicted molar refractivity (Wildman–Crippen MR) is 128 cm³/mol. The van der Waals surface area contributed by atoms with Crippen molar-refractivity contribution >= 4 is 22.6 Å². The predicted octanol–water partition coefficient (Wildman–Crippen LogP) is 7.70. The summed E-state index contributed by atoms with van der Waals surface area (Å²) in [7, 11) is 0. The van der Waals surface area contributed by atoms with Gasteiger partial charge in [-0.2, -0.15) is 0 Å².